The Hall–Kier alpha value is -2.68. The Balaban J connectivity index is 1.65. The van der Waals surface area contributed by atoms with Gasteiger partial charge in [-0.2, -0.15) is 0 Å². The van der Waals surface area contributed by atoms with E-state index >= 15 is 0 Å². The Labute approximate surface area is 183 Å². The maximum absolute atomic E-state index is 12.5. The SMILES string of the molecule is CCc1oc2ccccc2c1CN(C)CC(=O)NCc1ccccc1S(=O)(=O)N(C)C. The minimum Gasteiger partial charge on any atom is -0.461 e. The van der Waals surface area contributed by atoms with E-state index in [1.54, 1.807) is 24.3 Å². The van der Waals surface area contributed by atoms with Crippen LogP contribution in [-0.2, 0) is 34.3 Å². The Morgan fingerprint density at radius 1 is 1.03 bits per heavy atom. The number of nitrogens with one attached hydrogen (secondary N) is 1. The molecule has 3 rings (SSSR count). The molecule has 0 saturated carbocycles. The molecule has 0 bridgehead atoms. The molecule has 0 saturated heterocycles. The van der Waals surface area contributed by atoms with Gasteiger partial charge in [0.05, 0.1) is 11.4 Å². The van der Waals surface area contributed by atoms with Crippen molar-refractivity contribution in [2.45, 2.75) is 31.3 Å². The maximum atomic E-state index is 12.5. The van der Waals surface area contributed by atoms with Crippen LogP contribution in [-0.4, -0.2) is 51.2 Å². The van der Waals surface area contributed by atoms with Gasteiger partial charge in [-0.15, -0.1) is 0 Å². The fraction of sp³-hybridized carbons (Fsp3) is 0.348. The number of sulfonamides is 1. The number of furan rings is 1. The summed E-state index contributed by atoms with van der Waals surface area (Å²) >= 11 is 0. The van der Waals surface area contributed by atoms with Gasteiger partial charge in [-0.3, -0.25) is 9.69 Å². The molecule has 0 fully saturated rings. The molecule has 0 spiro atoms. The number of rotatable bonds is 9. The molecule has 0 aliphatic heterocycles. The molecule has 1 heterocycles. The molecule has 1 N–H and O–H groups in total. The minimum atomic E-state index is -3.58. The lowest BCUT2D eigenvalue weighted by Crippen LogP contribution is -2.35. The van der Waals surface area contributed by atoms with Gasteiger partial charge in [0.15, 0.2) is 0 Å². The van der Waals surface area contributed by atoms with Crippen molar-refractivity contribution in [2.24, 2.45) is 0 Å². The third kappa shape index (κ3) is 5.15. The second-order valence-electron chi connectivity index (χ2n) is 7.70. The molecule has 1 amide bonds. The van der Waals surface area contributed by atoms with Crippen molar-refractivity contribution in [3.05, 3.63) is 65.4 Å². The van der Waals surface area contributed by atoms with E-state index in [1.807, 2.05) is 43.1 Å². The molecular weight excluding hydrogens is 414 g/mol. The summed E-state index contributed by atoms with van der Waals surface area (Å²) in [5, 5.41) is 3.90. The number of likely N-dealkylation sites (N-methyl/N-ethyl adjacent to an activating group) is 1. The van der Waals surface area contributed by atoms with Gasteiger partial charge < -0.3 is 9.73 Å². The molecule has 0 radical (unpaired) electrons. The highest BCUT2D eigenvalue weighted by Crippen LogP contribution is 2.27. The Morgan fingerprint density at radius 3 is 2.42 bits per heavy atom. The number of para-hydroxylation sites is 1. The van der Waals surface area contributed by atoms with Crippen molar-refractivity contribution in [3.63, 3.8) is 0 Å². The lowest BCUT2D eigenvalue weighted by Gasteiger charge is -2.18. The van der Waals surface area contributed by atoms with E-state index in [0.29, 0.717) is 12.1 Å². The van der Waals surface area contributed by atoms with Crippen LogP contribution < -0.4 is 5.32 Å². The number of nitrogens with zero attached hydrogens (tertiary/aromatic N) is 2. The van der Waals surface area contributed by atoms with Crippen molar-refractivity contribution in [3.8, 4) is 0 Å². The number of fused-ring (bicyclic) bond motifs is 1. The lowest BCUT2D eigenvalue weighted by atomic mass is 10.1. The molecule has 2 aromatic carbocycles. The first-order valence-electron chi connectivity index (χ1n) is 10.2. The van der Waals surface area contributed by atoms with Crippen molar-refractivity contribution in [1.82, 2.24) is 14.5 Å². The Kier molecular flexibility index (Phi) is 7.15. The highest BCUT2D eigenvalue weighted by molar-refractivity contribution is 7.89. The van der Waals surface area contributed by atoms with Crippen molar-refractivity contribution >= 4 is 26.9 Å². The minimum absolute atomic E-state index is 0.144. The molecule has 166 valence electrons. The fourth-order valence-corrected chi connectivity index (χ4v) is 4.64. The van der Waals surface area contributed by atoms with Gasteiger partial charge in [0, 0.05) is 44.6 Å². The van der Waals surface area contributed by atoms with E-state index in [0.717, 1.165) is 28.7 Å². The highest BCUT2D eigenvalue weighted by Gasteiger charge is 2.21. The monoisotopic (exact) mass is 443 g/mol. The van der Waals surface area contributed by atoms with Gasteiger partial charge >= 0.3 is 0 Å². The second-order valence-corrected chi connectivity index (χ2v) is 9.82. The first-order valence-corrected chi connectivity index (χ1v) is 11.6. The van der Waals surface area contributed by atoms with Gasteiger partial charge in [0.25, 0.3) is 0 Å². The quantitative estimate of drug-likeness (QED) is 0.550. The lowest BCUT2D eigenvalue weighted by molar-refractivity contribution is -0.122. The fourth-order valence-electron chi connectivity index (χ4n) is 3.53. The zero-order chi connectivity index (χ0) is 22.6. The zero-order valence-corrected chi connectivity index (χ0v) is 19.2. The van der Waals surface area contributed by atoms with E-state index in [-0.39, 0.29) is 23.9 Å². The van der Waals surface area contributed by atoms with Crippen LogP contribution in [0.1, 0.15) is 23.8 Å². The summed E-state index contributed by atoms with van der Waals surface area (Å²) in [6.45, 7) is 2.96. The summed E-state index contributed by atoms with van der Waals surface area (Å²) in [6, 6.07) is 14.6. The van der Waals surface area contributed by atoms with Crippen molar-refractivity contribution in [2.75, 3.05) is 27.7 Å². The number of amides is 1. The largest absolute Gasteiger partial charge is 0.461 e. The van der Waals surface area contributed by atoms with E-state index in [2.05, 4.69) is 5.32 Å². The van der Waals surface area contributed by atoms with Crippen LogP contribution in [0.3, 0.4) is 0 Å². The van der Waals surface area contributed by atoms with Gasteiger partial charge in [0.2, 0.25) is 15.9 Å². The van der Waals surface area contributed by atoms with Gasteiger partial charge in [-0.1, -0.05) is 43.3 Å². The predicted octanol–water partition coefficient (Wildman–Crippen LogP) is 2.99. The normalized spacial score (nSPS) is 12.1. The average molecular weight is 444 g/mol. The zero-order valence-electron chi connectivity index (χ0n) is 18.4. The Morgan fingerprint density at radius 2 is 1.71 bits per heavy atom. The Bertz CT molecular complexity index is 1170. The summed E-state index contributed by atoms with van der Waals surface area (Å²) in [6.07, 6.45) is 0.779. The van der Waals surface area contributed by atoms with Crippen LogP contribution in [0.4, 0.5) is 0 Å². The molecule has 8 heteroatoms. The van der Waals surface area contributed by atoms with E-state index < -0.39 is 10.0 Å². The summed E-state index contributed by atoms with van der Waals surface area (Å²) < 4.78 is 32.1. The van der Waals surface area contributed by atoms with Crippen LogP contribution >= 0.6 is 0 Å². The van der Waals surface area contributed by atoms with Crippen molar-refractivity contribution < 1.29 is 17.6 Å². The number of hydrogen-bond donors (Lipinski definition) is 1. The molecule has 1 aromatic heterocycles. The number of aryl methyl sites for hydroxylation is 1. The maximum Gasteiger partial charge on any atom is 0.242 e. The topological polar surface area (TPSA) is 82.9 Å². The third-order valence-electron chi connectivity index (χ3n) is 5.15. The van der Waals surface area contributed by atoms with E-state index in [4.69, 9.17) is 4.42 Å². The standard InChI is InChI=1S/C23H29N3O4S/c1-5-20-19(18-11-7-8-12-21(18)30-20)15-26(4)16-23(27)24-14-17-10-6-9-13-22(17)31(28,29)25(2)3/h6-13H,5,14-16H2,1-4H3,(H,24,27). The van der Waals surface area contributed by atoms with Crippen LogP contribution in [0.2, 0.25) is 0 Å². The summed E-state index contributed by atoms with van der Waals surface area (Å²) in [5.74, 6) is 0.752. The summed E-state index contributed by atoms with van der Waals surface area (Å²) in [4.78, 5) is 14.7. The molecular formula is C23H29N3O4S. The van der Waals surface area contributed by atoms with Gasteiger partial charge in [0.1, 0.15) is 11.3 Å². The van der Waals surface area contributed by atoms with E-state index in [1.165, 1.54) is 18.4 Å². The number of carbonyl (C=O) groups is 1. The van der Waals surface area contributed by atoms with Crippen LogP contribution in [0.15, 0.2) is 57.8 Å². The second kappa shape index (κ2) is 9.64. The molecule has 0 unspecified atom stereocenters. The van der Waals surface area contributed by atoms with Crippen LogP contribution in [0.25, 0.3) is 11.0 Å². The number of benzene rings is 2. The number of hydrogen-bond acceptors (Lipinski definition) is 5. The smallest absolute Gasteiger partial charge is 0.242 e. The van der Waals surface area contributed by atoms with E-state index in [9.17, 15) is 13.2 Å². The summed E-state index contributed by atoms with van der Waals surface area (Å²) in [5.41, 5.74) is 2.50. The molecule has 31 heavy (non-hydrogen) atoms. The number of carbonyl (C=O) groups excluding carboxylic acids is 1. The summed E-state index contributed by atoms with van der Waals surface area (Å²) in [7, 11) is 1.28. The van der Waals surface area contributed by atoms with Crippen LogP contribution in [0, 0.1) is 0 Å². The van der Waals surface area contributed by atoms with Gasteiger partial charge in [-0.05, 0) is 24.7 Å². The highest BCUT2D eigenvalue weighted by atomic mass is 32.2. The molecule has 0 aliphatic rings. The molecule has 7 nitrogen and oxygen atoms in total. The predicted molar refractivity (Wildman–Crippen MR) is 121 cm³/mol. The third-order valence-corrected chi connectivity index (χ3v) is 7.07. The first kappa shape index (κ1) is 23.0. The van der Waals surface area contributed by atoms with Crippen LogP contribution in [0.5, 0.6) is 0 Å². The van der Waals surface area contributed by atoms with Crippen molar-refractivity contribution in [1.29, 1.82) is 0 Å². The van der Waals surface area contributed by atoms with Gasteiger partial charge in [-0.25, -0.2) is 12.7 Å². The molecule has 0 aliphatic carbocycles. The molecule has 0 atom stereocenters. The molecule has 3 aromatic rings. The first-order chi connectivity index (χ1) is 14.7. The average Bonchev–Trinajstić information content (AvgIpc) is 3.09.